The number of methoxy groups -OCH3 is 1. The topological polar surface area (TPSA) is 27.7 Å². The van der Waals surface area contributed by atoms with Crippen molar-refractivity contribution < 1.29 is 33.5 Å². The van der Waals surface area contributed by atoms with Crippen molar-refractivity contribution in [3.05, 3.63) is 18.2 Å². The molecule has 0 spiro atoms. The maximum absolute atomic E-state index is 13.0. The van der Waals surface area contributed by atoms with Gasteiger partial charge in [0.05, 0.1) is 18.3 Å². The van der Waals surface area contributed by atoms with E-state index in [1.54, 1.807) is 27.7 Å². The summed E-state index contributed by atoms with van der Waals surface area (Å²) in [5.41, 5.74) is -1.88. The molecule has 132 valence electrons. The summed E-state index contributed by atoms with van der Waals surface area (Å²) in [7, 11) is -9.82. The van der Waals surface area contributed by atoms with Gasteiger partial charge in [0.15, 0.2) is 0 Å². The van der Waals surface area contributed by atoms with Crippen molar-refractivity contribution in [1.29, 1.82) is 0 Å². The fraction of sp³-hybridized carbons (Fsp3) is 0.538. The summed E-state index contributed by atoms with van der Waals surface area (Å²) in [5.74, 6) is -0.0194. The van der Waals surface area contributed by atoms with Gasteiger partial charge in [-0.25, -0.2) is 0 Å². The molecule has 1 aliphatic rings. The Kier molecular flexibility index (Phi) is 3.46. The van der Waals surface area contributed by atoms with Crippen LogP contribution in [0.1, 0.15) is 27.7 Å². The van der Waals surface area contributed by atoms with Crippen LogP contribution in [0.15, 0.2) is 23.1 Å². The van der Waals surface area contributed by atoms with Crippen LogP contribution in [0.2, 0.25) is 0 Å². The van der Waals surface area contributed by atoms with Gasteiger partial charge >= 0.3 is 17.3 Å². The minimum Gasteiger partial charge on any atom is -0.497 e. The smallest absolute Gasteiger partial charge is 0.497 e. The summed E-state index contributed by atoms with van der Waals surface area (Å²) in [6, 6.07) is 1.48. The Labute approximate surface area is 132 Å². The lowest BCUT2D eigenvalue weighted by Crippen LogP contribution is -2.41. The Hall–Kier alpha value is -0.995. The predicted octanol–water partition coefficient (Wildman–Crippen LogP) is 4.65. The lowest BCUT2D eigenvalue weighted by atomic mass is 9.78. The van der Waals surface area contributed by atoms with Crippen molar-refractivity contribution in [2.45, 2.75) is 43.8 Å². The molecular formula is C13H18BF5O3S. The molecular weight excluding hydrogens is 342 g/mol. The lowest BCUT2D eigenvalue weighted by molar-refractivity contribution is 0.00578. The highest BCUT2D eigenvalue weighted by molar-refractivity contribution is 8.45. The van der Waals surface area contributed by atoms with Crippen LogP contribution < -0.4 is 10.2 Å². The fourth-order valence-corrected chi connectivity index (χ4v) is 2.78. The second-order valence-corrected chi connectivity index (χ2v) is 8.87. The second kappa shape index (κ2) is 4.34. The van der Waals surface area contributed by atoms with E-state index in [1.807, 2.05) is 0 Å². The Morgan fingerprint density at radius 2 is 1.43 bits per heavy atom. The van der Waals surface area contributed by atoms with E-state index in [9.17, 15) is 19.4 Å². The van der Waals surface area contributed by atoms with E-state index >= 15 is 0 Å². The zero-order valence-corrected chi connectivity index (χ0v) is 14.1. The van der Waals surface area contributed by atoms with Gasteiger partial charge in [-0.2, -0.15) is 0 Å². The van der Waals surface area contributed by atoms with E-state index in [1.165, 1.54) is 7.11 Å². The van der Waals surface area contributed by atoms with Gasteiger partial charge in [0.1, 0.15) is 10.6 Å². The van der Waals surface area contributed by atoms with E-state index in [2.05, 4.69) is 0 Å². The standard InChI is InChI=1S/C13H18BF5O3S/c1-12(2)13(3,4)22-14(21-12)10-8-9(6-7-11(10)20-5)23(15,16,17,18)19/h6-8H,1-5H3. The van der Waals surface area contributed by atoms with Crippen molar-refractivity contribution in [3.8, 4) is 5.75 Å². The van der Waals surface area contributed by atoms with Gasteiger partial charge in [-0.1, -0.05) is 19.4 Å². The van der Waals surface area contributed by atoms with Crippen molar-refractivity contribution in [1.82, 2.24) is 0 Å². The zero-order valence-electron chi connectivity index (χ0n) is 13.3. The molecule has 0 unspecified atom stereocenters. The minimum atomic E-state index is -9.80. The molecule has 1 fully saturated rings. The first-order valence-electron chi connectivity index (χ1n) is 6.74. The van der Waals surface area contributed by atoms with Crippen molar-refractivity contribution in [2.75, 3.05) is 7.11 Å². The first kappa shape index (κ1) is 18.3. The van der Waals surface area contributed by atoms with Crippen molar-refractivity contribution in [3.63, 3.8) is 0 Å². The summed E-state index contributed by atoms with van der Waals surface area (Å²) >= 11 is 0. The molecule has 2 rings (SSSR count). The molecule has 0 bridgehead atoms. The number of hydrogen-bond donors (Lipinski definition) is 0. The van der Waals surface area contributed by atoms with E-state index in [4.69, 9.17) is 14.0 Å². The summed E-state index contributed by atoms with van der Waals surface area (Å²) in [5, 5.41) is 0. The molecule has 0 N–H and O–H groups in total. The average Bonchev–Trinajstić information content (AvgIpc) is 2.54. The van der Waals surface area contributed by atoms with Crippen LogP contribution in [-0.2, 0) is 9.31 Å². The Bertz CT molecular complexity index is 629. The van der Waals surface area contributed by atoms with E-state index in [0.717, 1.165) is 6.07 Å². The number of halogens is 5. The van der Waals surface area contributed by atoms with Gasteiger partial charge in [0.2, 0.25) is 0 Å². The number of benzene rings is 1. The molecule has 1 aromatic rings. The Balaban J connectivity index is 2.56. The van der Waals surface area contributed by atoms with Gasteiger partial charge in [-0.05, 0) is 45.9 Å². The fourth-order valence-electron chi connectivity index (χ4n) is 2.11. The maximum Gasteiger partial charge on any atom is 0.498 e. The van der Waals surface area contributed by atoms with Crippen LogP contribution >= 0.6 is 10.2 Å². The molecule has 1 saturated heterocycles. The van der Waals surface area contributed by atoms with Gasteiger partial charge < -0.3 is 14.0 Å². The van der Waals surface area contributed by atoms with Gasteiger partial charge in [-0.15, -0.1) is 0 Å². The van der Waals surface area contributed by atoms with Crippen LogP contribution in [0.3, 0.4) is 0 Å². The Morgan fingerprint density at radius 3 is 1.83 bits per heavy atom. The SMILES string of the molecule is COc1ccc(S(F)(F)(F)(F)F)cc1B1OC(C)(C)C(C)(C)O1. The summed E-state index contributed by atoms with van der Waals surface area (Å²) in [6.45, 7) is 6.81. The van der Waals surface area contributed by atoms with Crippen molar-refractivity contribution in [2.24, 2.45) is 0 Å². The normalized spacial score (nSPS) is 23.3. The summed E-state index contributed by atoms with van der Waals surface area (Å²) in [4.78, 5) is -2.00. The second-order valence-electron chi connectivity index (χ2n) is 6.46. The molecule has 0 amide bonds. The first-order chi connectivity index (χ1) is 9.97. The summed E-state index contributed by atoms with van der Waals surface area (Å²) < 4.78 is 81.4. The molecule has 0 aliphatic carbocycles. The van der Waals surface area contributed by atoms with Crippen LogP contribution in [0.4, 0.5) is 19.4 Å². The molecule has 23 heavy (non-hydrogen) atoms. The third-order valence-corrected chi connectivity index (χ3v) is 5.30. The van der Waals surface area contributed by atoms with Gasteiger partial charge in [0, 0.05) is 5.46 Å². The molecule has 0 saturated carbocycles. The summed E-state index contributed by atoms with van der Waals surface area (Å²) in [6.07, 6.45) is 0. The van der Waals surface area contributed by atoms with Crippen LogP contribution in [0.25, 0.3) is 0 Å². The largest absolute Gasteiger partial charge is 0.498 e. The predicted molar refractivity (Wildman–Crippen MR) is 80.1 cm³/mol. The van der Waals surface area contributed by atoms with E-state index in [-0.39, 0.29) is 11.2 Å². The zero-order chi connectivity index (χ0) is 18.0. The molecule has 0 aromatic heterocycles. The van der Waals surface area contributed by atoms with Crippen LogP contribution in [0, 0.1) is 0 Å². The highest BCUT2D eigenvalue weighted by atomic mass is 32.5. The molecule has 0 atom stereocenters. The number of rotatable bonds is 3. The maximum atomic E-state index is 13.0. The number of ether oxygens (including phenoxy) is 1. The van der Waals surface area contributed by atoms with Crippen LogP contribution in [0.5, 0.6) is 5.75 Å². The van der Waals surface area contributed by atoms with Gasteiger partial charge in [-0.3, -0.25) is 0 Å². The highest BCUT2D eigenvalue weighted by Crippen LogP contribution is 3.02. The third kappa shape index (κ3) is 3.43. The molecule has 1 heterocycles. The minimum absolute atomic E-state index is 0.0194. The molecule has 10 heteroatoms. The number of hydrogen-bond acceptors (Lipinski definition) is 3. The molecule has 1 aromatic carbocycles. The quantitative estimate of drug-likeness (QED) is 0.580. The molecule has 0 radical (unpaired) electrons. The highest BCUT2D eigenvalue weighted by Gasteiger charge is 2.66. The van der Waals surface area contributed by atoms with Crippen molar-refractivity contribution >= 4 is 22.8 Å². The van der Waals surface area contributed by atoms with E-state index in [0.29, 0.717) is 12.1 Å². The van der Waals surface area contributed by atoms with Gasteiger partial charge in [0.25, 0.3) is 0 Å². The molecule has 1 aliphatic heterocycles. The van der Waals surface area contributed by atoms with Crippen LogP contribution in [-0.4, -0.2) is 25.4 Å². The Morgan fingerprint density at radius 1 is 0.957 bits per heavy atom. The first-order valence-corrected chi connectivity index (χ1v) is 8.70. The third-order valence-electron chi connectivity index (χ3n) is 4.15. The van der Waals surface area contributed by atoms with E-state index < -0.39 is 33.4 Å². The average molecular weight is 360 g/mol. The lowest BCUT2D eigenvalue weighted by Gasteiger charge is -2.40. The monoisotopic (exact) mass is 360 g/mol. The molecule has 3 nitrogen and oxygen atoms in total.